The second-order valence-corrected chi connectivity index (χ2v) is 3.76. The van der Waals surface area contributed by atoms with Crippen molar-refractivity contribution in [2.45, 2.75) is 32.4 Å². The average molecular weight is 197 g/mol. The number of hydrogen-bond acceptors (Lipinski definition) is 3. The normalized spacial score (nSPS) is 15.4. The Bertz CT molecular complexity index is 270. The summed E-state index contributed by atoms with van der Waals surface area (Å²) in [7, 11) is 1.91. The minimum absolute atomic E-state index is 0.145. The van der Waals surface area contributed by atoms with Gasteiger partial charge in [-0.2, -0.15) is 5.10 Å². The van der Waals surface area contributed by atoms with E-state index in [4.69, 9.17) is 0 Å². The van der Waals surface area contributed by atoms with Crippen molar-refractivity contribution in [3.8, 4) is 0 Å². The van der Waals surface area contributed by atoms with Crippen LogP contribution in [0.4, 0.5) is 0 Å². The fourth-order valence-electron chi connectivity index (χ4n) is 1.22. The van der Waals surface area contributed by atoms with Crippen LogP contribution in [-0.4, -0.2) is 33.6 Å². The van der Waals surface area contributed by atoms with Crippen molar-refractivity contribution >= 4 is 0 Å². The first kappa shape index (κ1) is 11.2. The minimum atomic E-state index is -0.302. The van der Waals surface area contributed by atoms with Gasteiger partial charge in [0.15, 0.2) is 0 Å². The Kier molecular flexibility index (Phi) is 4.10. The van der Waals surface area contributed by atoms with Crippen LogP contribution in [0.3, 0.4) is 0 Å². The van der Waals surface area contributed by atoms with Crippen molar-refractivity contribution in [1.82, 2.24) is 15.1 Å². The molecule has 1 aromatic heterocycles. The van der Waals surface area contributed by atoms with Crippen LogP contribution in [0.2, 0.25) is 0 Å². The monoisotopic (exact) mass is 197 g/mol. The number of aromatic nitrogens is 2. The first-order chi connectivity index (χ1) is 6.59. The lowest BCUT2D eigenvalue weighted by Crippen LogP contribution is -2.36. The van der Waals surface area contributed by atoms with Crippen LogP contribution >= 0.6 is 0 Å². The van der Waals surface area contributed by atoms with Crippen LogP contribution in [0.25, 0.3) is 0 Å². The first-order valence-electron chi connectivity index (χ1n) is 4.98. The largest absolute Gasteiger partial charge is 0.392 e. The Labute approximate surface area is 84.9 Å². The van der Waals surface area contributed by atoms with E-state index in [-0.39, 0.29) is 12.1 Å². The molecule has 4 heteroatoms. The fourth-order valence-corrected chi connectivity index (χ4v) is 1.22. The van der Waals surface area contributed by atoms with Crippen LogP contribution in [0.5, 0.6) is 0 Å². The molecule has 2 N–H and O–H groups in total. The smallest absolute Gasteiger partial charge is 0.0662 e. The Morgan fingerprint density at radius 3 is 2.79 bits per heavy atom. The maximum atomic E-state index is 9.24. The SMILES string of the molecule is CC(O)C(C)NCCc1cnn(C)c1. The predicted molar refractivity (Wildman–Crippen MR) is 56.1 cm³/mol. The third-order valence-electron chi connectivity index (χ3n) is 2.36. The summed E-state index contributed by atoms with van der Waals surface area (Å²) in [6.45, 7) is 4.65. The van der Waals surface area contributed by atoms with Gasteiger partial charge >= 0.3 is 0 Å². The topological polar surface area (TPSA) is 50.1 Å². The van der Waals surface area contributed by atoms with Crippen molar-refractivity contribution in [2.24, 2.45) is 7.05 Å². The fraction of sp³-hybridized carbons (Fsp3) is 0.700. The van der Waals surface area contributed by atoms with Gasteiger partial charge in [0.2, 0.25) is 0 Å². The van der Waals surface area contributed by atoms with Crippen molar-refractivity contribution < 1.29 is 5.11 Å². The number of nitrogens with one attached hydrogen (secondary N) is 1. The maximum absolute atomic E-state index is 9.24. The molecule has 0 aromatic carbocycles. The molecular weight excluding hydrogens is 178 g/mol. The van der Waals surface area contributed by atoms with Gasteiger partial charge in [0.1, 0.15) is 0 Å². The molecule has 0 aliphatic heterocycles. The number of rotatable bonds is 5. The molecule has 0 aliphatic rings. The Hall–Kier alpha value is -0.870. The first-order valence-corrected chi connectivity index (χ1v) is 4.98. The highest BCUT2D eigenvalue weighted by molar-refractivity contribution is 5.03. The van der Waals surface area contributed by atoms with Gasteiger partial charge in [-0.3, -0.25) is 4.68 Å². The van der Waals surface area contributed by atoms with Crippen molar-refractivity contribution in [3.63, 3.8) is 0 Å². The molecule has 1 rings (SSSR count). The summed E-state index contributed by atoms with van der Waals surface area (Å²) in [6, 6.07) is 0.145. The number of aryl methyl sites for hydroxylation is 1. The van der Waals surface area contributed by atoms with Crippen LogP contribution in [0, 0.1) is 0 Å². The highest BCUT2D eigenvalue weighted by Crippen LogP contribution is 1.97. The van der Waals surface area contributed by atoms with Crippen molar-refractivity contribution in [3.05, 3.63) is 18.0 Å². The molecule has 0 radical (unpaired) electrons. The number of nitrogens with zero attached hydrogens (tertiary/aromatic N) is 2. The molecule has 0 saturated heterocycles. The molecule has 0 fully saturated rings. The number of hydrogen-bond donors (Lipinski definition) is 2. The van der Waals surface area contributed by atoms with Crippen molar-refractivity contribution in [1.29, 1.82) is 0 Å². The summed E-state index contributed by atoms with van der Waals surface area (Å²) < 4.78 is 1.80. The molecule has 80 valence electrons. The quantitative estimate of drug-likeness (QED) is 0.715. The van der Waals surface area contributed by atoms with E-state index in [1.54, 1.807) is 11.6 Å². The molecule has 0 spiro atoms. The maximum Gasteiger partial charge on any atom is 0.0662 e. The van der Waals surface area contributed by atoms with Gasteiger partial charge in [0.25, 0.3) is 0 Å². The molecule has 4 nitrogen and oxygen atoms in total. The Morgan fingerprint density at radius 1 is 1.57 bits per heavy atom. The van der Waals surface area contributed by atoms with E-state index in [9.17, 15) is 5.11 Å². The zero-order chi connectivity index (χ0) is 10.6. The minimum Gasteiger partial charge on any atom is -0.392 e. The van der Waals surface area contributed by atoms with Gasteiger partial charge in [-0.1, -0.05) is 0 Å². The molecule has 2 atom stereocenters. The van der Waals surface area contributed by atoms with Crippen LogP contribution in [0.1, 0.15) is 19.4 Å². The Balaban J connectivity index is 2.22. The van der Waals surface area contributed by atoms with Gasteiger partial charge in [-0.25, -0.2) is 0 Å². The predicted octanol–water partition coefficient (Wildman–Crippen LogP) is 0.321. The molecule has 14 heavy (non-hydrogen) atoms. The van der Waals surface area contributed by atoms with Gasteiger partial charge < -0.3 is 10.4 Å². The summed E-state index contributed by atoms with van der Waals surface area (Å²) in [5.74, 6) is 0. The third-order valence-corrected chi connectivity index (χ3v) is 2.36. The molecule has 0 aliphatic carbocycles. The van der Waals surface area contributed by atoms with E-state index < -0.39 is 0 Å². The number of aliphatic hydroxyl groups is 1. The lowest BCUT2D eigenvalue weighted by molar-refractivity contribution is 0.153. The summed E-state index contributed by atoms with van der Waals surface area (Å²) >= 11 is 0. The second kappa shape index (κ2) is 5.12. The lowest BCUT2D eigenvalue weighted by Gasteiger charge is -2.15. The molecule has 2 unspecified atom stereocenters. The average Bonchev–Trinajstić information content (AvgIpc) is 2.51. The highest BCUT2D eigenvalue weighted by Gasteiger charge is 2.06. The molecule has 1 heterocycles. The Morgan fingerprint density at radius 2 is 2.29 bits per heavy atom. The third kappa shape index (κ3) is 3.47. The van der Waals surface area contributed by atoms with E-state index >= 15 is 0 Å². The van der Waals surface area contributed by atoms with E-state index in [0.29, 0.717) is 0 Å². The molecule has 0 amide bonds. The van der Waals surface area contributed by atoms with Gasteiger partial charge in [-0.05, 0) is 32.4 Å². The summed E-state index contributed by atoms with van der Waals surface area (Å²) in [4.78, 5) is 0. The van der Waals surface area contributed by atoms with Crippen LogP contribution in [-0.2, 0) is 13.5 Å². The molecule has 1 aromatic rings. The van der Waals surface area contributed by atoms with E-state index in [1.165, 1.54) is 5.56 Å². The van der Waals surface area contributed by atoms with Gasteiger partial charge in [0.05, 0.1) is 12.3 Å². The van der Waals surface area contributed by atoms with Crippen LogP contribution < -0.4 is 5.32 Å². The lowest BCUT2D eigenvalue weighted by atomic mass is 10.2. The molecular formula is C10H19N3O. The van der Waals surface area contributed by atoms with Crippen LogP contribution in [0.15, 0.2) is 12.4 Å². The van der Waals surface area contributed by atoms with E-state index in [1.807, 2.05) is 26.4 Å². The summed E-state index contributed by atoms with van der Waals surface area (Å²) in [5.41, 5.74) is 1.22. The molecule has 0 bridgehead atoms. The summed E-state index contributed by atoms with van der Waals surface area (Å²) in [5, 5.41) is 16.6. The highest BCUT2D eigenvalue weighted by atomic mass is 16.3. The van der Waals surface area contributed by atoms with E-state index in [0.717, 1.165) is 13.0 Å². The van der Waals surface area contributed by atoms with Gasteiger partial charge in [-0.15, -0.1) is 0 Å². The second-order valence-electron chi connectivity index (χ2n) is 3.76. The molecule has 0 saturated carbocycles. The zero-order valence-electron chi connectivity index (χ0n) is 9.07. The zero-order valence-corrected chi connectivity index (χ0v) is 9.07. The van der Waals surface area contributed by atoms with Gasteiger partial charge in [0, 0.05) is 19.3 Å². The van der Waals surface area contributed by atoms with E-state index in [2.05, 4.69) is 10.4 Å². The van der Waals surface area contributed by atoms with Crippen molar-refractivity contribution in [2.75, 3.05) is 6.54 Å². The standard InChI is InChI=1S/C10H19N3O/c1-8(9(2)14)11-5-4-10-6-12-13(3)7-10/h6-9,11,14H,4-5H2,1-3H3. The number of aliphatic hydroxyl groups excluding tert-OH is 1. The summed E-state index contributed by atoms with van der Waals surface area (Å²) in [6.07, 6.45) is 4.53.